The maximum Gasteiger partial charge on any atom is 0.292 e. The fourth-order valence-corrected chi connectivity index (χ4v) is 2.33. The van der Waals surface area contributed by atoms with Crippen LogP contribution in [0.5, 0.6) is 0 Å². The maximum absolute atomic E-state index is 11.9. The van der Waals surface area contributed by atoms with Gasteiger partial charge in [-0.15, -0.1) is 10.2 Å². The Hall–Kier alpha value is -2.44. The van der Waals surface area contributed by atoms with Crippen LogP contribution in [0.4, 0.5) is 11.4 Å². The number of nitrogens with zero attached hydrogens (tertiary/aromatic N) is 3. The Bertz CT molecular complexity index is 865. The van der Waals surface area contributed by atoms with Crippen molar-refractivity contribution in [2.24, 2.45) is 10.2 Å². The first kappa shape index (κ1) is 14.5. The second-order valence-electron chi connectivity index (χ2n) is 4.31. The third-order valence-electron chi connectivity index (χ3n) is 2.91. The number of pyridine rings is 1. The van der Waals surface area contributed by atoms with Gasteiger partial charge in [0, 0.05) is 18.0 Å². The second-order valence-corrected chi connectivity index (χ2v) is 5.12. The van der Waals surface area contributed by atoms with Gasteiger partial charge in [0.15, 0.2) is 5.69 Å². The lowest BCUT2D eigenvalue weighted by Crippen LogP contribution is -1.96. The maximum atomic E-state index is 11.9. The van der Waals surface area contributed by atoms with E-state index >= 15 is 0 Å². The van der Waals surface area contributed by atoms with Gasteiger partial charge in [0.25, 0.3) is 5.56 Å². The van der Waals surface area contributed by atoms with Crippen molar-refractivity contribution < 1.29 is 0 Å². The van der Waals surface area contributed by atoms with Gasteiger partial charge in [0.2, 0.25) is 0 Å². The van der Waals surface area contributed by atoms with Crippen LogP contribution in [0.15, 0.2) is 57.7 Å². The van der Waals surface area contributed by atoms with E-state index in [0.29, 0.717) is 21.4 Å². The van der Waals surface area contributed by atoms with Crippen molar-refractivity contribution in [3.63, 3.8) is 0 Å². The molecule has 2 N–H and O–H groups in total. The Morgan fingerprint density at radius 1 is 0.909 bits per heavy atom. The minimum Gasteiger partial charge on any atom is -0.295 e. The molecule has 0 unspecified atom stereocenters. The van der Waals surface area contributed by atoms with Crippen LogP contribution in [-0.4, -0.2) is 15.2 Å². The topological polar surface area (TPSA) is 86.3 Å². The molecule has 8 heteroatoms. The number of hydrogen-bond acceptors (Lipinski definition) is 4. The van der Waals surface area contributed by atoms with Crippen LogP contribution in [0.2, 0.25) is 10.0 Å². The zero-order chi connectivity index (χ0) is 15.5. The summed E-state index contributed by atoms with van der Waals surface area (Å²) in [5.74, 6) is 0. The van der Waals surface area contributed by atoms with Crippen molar-refractivity contribution in [1.29, 1.82) is 0 Å². The lowest BCUT2D eigenvalue weighted by atomic mass is 10.2. The predicted octanol–water partition coefficient (Wildman–Crippen LogP) is 4.49. The van der Waals surface area contributed by atoms with Crippen LogP contribution in [0.3, 0.4) is 0 Å². The monoisotopic (exact) mass is 333 g/mol. The number of halogens is 2. The molecule has 0 aliphatic carbocycles. The molecular formula is C14H9Cl2N5O. The number of azo groups is 1. The third-order valence-corrected chi connectivity index (χ3v) is 3.52. The summed E-state index contributed by atoms with van der Waals surface area (Å²) in [5, 5.41) is 14.0. The number of nitrogens with one attached hydrogen (secondary N) is 2. The average molecular weight is 334 g/mol. The van der Waals surface area contributed by atoms with E-state index in [0.717, 1.165) is 5.56 Å². The van der Waals surface area contributed by atoms with Crippen molar-refractivity contribution in [3.8, 4) is 11.3 Å². The normalized spacial score (nSPS) is 11.2. The van der Waals surface area contributed by atoms with Gasteiger partial charge in [-0.3, -0.25) is 20.0 Å². The van der Waals surface area contributed by atoms with Crippen LogP contribution in [0.1, 0.15) is 0 Å². The number of rotatable bonds is 3. The van der Waals surface area contributed by atoms with Gasteiger partial charge in [-0.2, -0.15) is 0 Å². The van der Waals surface area contributed by atoms with Crippen molar-refractivity contribution in [1.82, 2.24) is 15.2 Å². The quantitative estimate of drug-likeness (QED) is 0.692. The molecule has 2 aromatic heterocycles. The predicted molar refractivity (Wildman–Crippen MR) is 85.3 cm³/mol. The van der Waals surface area contributed by atoms with Gasteiger partial charge in [-0.25, -0.2) is 0 Å². The molecule has 2 heterocycles. The van der Waals surface area contributed by atoms with Gasteiger partial charge >= 0.3 is 0 Å². The van der Waals surface area contributed by atoms with E-state index in [1.807, 2.05) is 0 Å². The van der Waals surface area contributed by atoms with Gasteiger partial charge in [0.1, 0.15) is 5.69 Å². The van der Waals surface area contributed by atoms with Crippen LogP contribution >= 0.6 is 23.2 Å². The van der Waals surface area contributed by atoms with Crippen molar-refractivity contribution in [2.75, 3.05) is 0 Å². The molecule has 0 amide bonds. The summed E-state index contributed by atoms with van der Waals surface area (Å²) < 4.78 is 0. The Morgan fingerprint density at radius 2 is 1.55 bits per heavy atom. The van der Waals surface area contributed by atoms with Gasteiger partial charge in [0.05, 0.1) is 15.7 Å². The molecule has 0 fully saturated rings. The van der Waals surface area contributed by atoms with Crippen LogP contribution in [-0.2, 0) is 0 Å². The van der Waals surface area contributed by atoms with E-state index in [1.165, 1.54) is 0 Å². The minimum absolute atomic E-state index is 0.141. The largest absolute Gasteiger partial charge is 0.295 e. The summed E-state index contributed by atoms with van der Waals surface area (Å²) in [5.41, 5.74) is 1.33. The molecule has 1 aromatic carbocycles. The highest BCUT2D eigenvalue weighted by Gasteiger charge is 2.12. The highest BCUT2D eigenvalue weighted by atomic mass is 35.5. The molecule has 0 bridgehead atoms. The van der Waals surface area contributed by atoms with Crippen molar-refractivity contribution >= 4 is 34.6 Å². The molecule has 3 rings (SSSR count). The SMILES string of the molecule is O=c1[nH][nH]c(-c2ccncc2)c1N=Nc1c(Cl)cccc1Cl. The second kappa shape index (κ2) is 6.13. The van der Waals surface area contributed by atoms with E-state index in [-0.39, 0.29) is 5.69 Å². The molecule has 6 nitrogen and oxygen atoms in total. The minimum atomic E-state index is -0.390. The van der Waals surface area contributed by atoms with E-state index < -0.39 is 5.56 Å². The number of aromatic nitrogens is 3. The van der Waals surface area contributed by atoms with E-state index in [9.17, 15) is 4.79 Å². The highest BCUT2D eigenvalue weighted by Crippen LogP contribution is 2.34. The lowest BCUT2D eigenvalue weighted by molar-refractivity contribution is 1.06. The Labute approximate surface area is 134 Å². The number of benzene rings is 1. The molecule has 22 heavy (non-hydrogen) atoms. The first-order chi connectivity index (χ1) is 10.7. The standard InChI is InChI=1S/C14H9Cl2N5O/c15-9-2-1-3-10(16)12(9)19-20-13-11(18-21-14(13)22)8-4-6-17-7-5-8/h1-7H,(H2,18,21,22). The van der Waals surface area contributed by atoms with E-state index in [1.54, 1.807) is 42.7 Å². The molecule has 110 valence electrons. The zero-order valence-electron chi connectivity index (χ0n) is 11.0. The molecule has 0 saturated heterocycles. The molecule has 0 saturated carbocycles. The Morgan fingerprint density at radius 3 is 2.23 bits per heavy atom. The molecular weight excluding hydrogens is 325 g/mol. The molecule has 3 aromatic rings. The number of H-pyrrole nitrogens is 2. The van der Waals surface area contributed by atoms with Crippen LogP contribution < -0.4 is 5.56 Å². The van der Waals surface area contributed by atoms with E-state index in [2.05, 4.69) is 25.4 Å². The molecule has 0 spiro atoms. The van der Waals surface area contributed by atoms with Crippen LogP contribution in [0, 0.1) is 0 Å². The fraction of sp³-hybridized carbons (Fsp3) is 0. The average Bonchev–Trinajstić information content (AvgIpc) is 2.89. The molecule has 0 atom stereocenters. The summed E-state index contributed by atoms with van der Waals surface area (Å²) in [6.45, 7) is 0. The smallest absolute Gasteiger partial charge is 0.292 e. The first-order valence-electron chi connectivity index (χ1n) is 6.23. The Balaban J connectivity index is 2.05. The first-order valence-corrected chi connectivity index (χ1v) is 6.99. The summed E-state index contributed by atoms with van der Waals surface area (Å²) in [4.78, 5) is 15.8. The van der Waals surface area contributed by atoms with Gasteiger partial charge in [-0.05, 0) is 24.3 Å². The lowest BCUT2D eigenvalue weighted by Gasteiger charge is -2.00. The Kier molecular flexibility index (Phi) is 4.04. The zero-order valence-corrected chi connectivity index (χ0v) is 12.6. The van der Waals surface area contributed by atoms with Gasteiger partial charge in [-0.1, -0.05) is 29.3 Å². The number of hydrogen-bond donors (Lipinski definition) is 2. The van der Waals surface area contributed by atoms with Crippen molar-refractivity contribution in [3.05, 3.63) is 63.1 Å². The molecule has 0 aliphatic rings. The van der Waals surface area contributed by atoms with Crippen LogP contribution in [0.25, 0.3) is 11.3 Å². The summed E-state index contributed by atoms with van der Waals surface area (Å²) >= 11 is 12.1. The van der Waals surface area contributed by atoms with Gasteiger partial charge < -0.3 is 0 Å². The highest BCUT2D eigenvalue weighted by molar-refractivity contribution is 6.38. The summed E-state index contributed by atoms with van der Waals surface area (Å²) in [7, 11) is 0. The fourth-order valence-electron chi connectivity index (χ4n) is 1.86. The summed E-state index contributed by atoms with van der Waals surface area (Å²) in [6.07, 6.45) is 3.24. The molecule has 0 aliphatic heterocycles. The van der Waals surface area contributed by atoms with Crippen molar-refractivity contribution in [2.45, 2.75) is 0 Å². The molecule has 0 radical (unpaired) electrons. The van der Waals surface area contributed by atoms with E-state index in [4.69, 9.17) is 23.2 Å². The third kappa shape index (κ3) is 2.79. The summed E-state index contributed by atoms with van der Waals surface area (Å²) in [6, 6.07) is 8.50. The number of aromatic amines is 2.